The lowest BCUT2D eigenvalue weighted by Gasteiger charge is -2.15. The Morgan fingerprint density at radius 2 is 1.76 bits per heavy atom. The quantitative estimate of drug-likeness (QED) is 0.686. The molecule has 0 saturated carbocycles. The van der Waals surface area contributed by atoms with Crippen molar-refractivity contribution in [3.63, 3.8) is 0 Å². The van der Waals surface area contributed by atoms with Gasteiger partial charge >= 0.3 is 5.97 Å². The van der Waals surface area contributed by atoms with Crippen LogP contribution in [0.1, 0.15) is 48.3 Å². The maximum absolute atomic E-state index is 12.1. The van der Waals surface area contributed by atoms with Crippen LogP contribution < -0.4 is 14.8 Å². The summed E-state index contributed by atoms with van der Waals surface area (Å²) in [6.45, 7) is 6.09. The Labute approximate surface area is 169 Å². The zero-order chi connectivity index (χ0) is 20.8. The van der Waals surface area contributed by atoms with E-state index < -0.39 is 5.97 Å². The van der Waals surface area contributed by atoms with Crippen LogP contribution >= 0.6 is 0 Å². The molecule has 7 nitrogen and oxygen atoms in total. The minimum Gasteiger partial charge on any atom is -0.454 e. The molecule has 3 rings (SSSR count). The Bertz CT molecular complexity index is 862. The van der Waals surface area contributed by atoms with Gasteiger partial charge in [0.2, 0.25) is 6.79 Å². The molecule has 7 heteroatoms. The zero-order valence-electron chi connectivity index (χ0n) is 16.8. The third-order valence-electron chi connectivity index (χ3n) is 4.38. The van der Waals surface area contributed by atoms with E-state index in [0.717, 1.165) is 11.1 Å². The molecule has 1 N–H and O–H groups in total. The second-order valence-electron chi connectivity index (χ2n) is 7.03. The number of nitrogens with one attached hydrogen (secondary N) is 1. The first-order valence-electron chi connectivity index (χ1n) is 9.49. The highest BCUT2D eigenvalue weighted by molar-refractivity contribution is 5.91. The van der Waals surface area contributed by atoms with Crippen molar-refractivity contribution >= 4 is 11.9 Å². The number of carbonyl (C=O) groups excluding carboxylic acids is 2. The molecule has 1 heterocycles. The van der Waals surface area contributed by atoms with Crippen molar-refractivity contribution in [2.24, 2.45) is 0 Å². The molecule has 0 fully saturated rings. The summed E-state index contributed by atoms with van der Waals surface area (Å²) in [5.74, 6) is 0.401. The molecule has 2 aromatic carbocycles. The average Bonchev–Trinajstić information content (AvgIpc) is 3.18. The van der Waals surface area contributed by atoms with Gasteiger partial charge in [-0.3, -0.25) is 4.79 Å². The van der Waals surface area contributed by atoms with Crippen LogP contribution in [0.15, 0.2) is 42.5 Å². The molecule has 0 spiro atoms. The van der Waals surface area contributed by atoms with Crippen LogP contribution in [0.5, 0.6) is 11.5 Å². The molecule has 1 atom stereocenters. The Hall–Kier alpha value is -3.06. The molecule has 0 aliphatic carbocycles. The van der Waals surface area contributed by atoms with Gasteiger partial charge in [-0.25, -0.2) is 4.79 Å². The fourth-order valence-electron chi connectivity index (χ4n) is 2.76. The molecule has 1 amide bonds. The van der Waals surface area contributed by atoms with Gasteiger partial charge in [-0.2, -0.15) is 0 Å². The lowest BCUT2D eigenvalue weighted by atomic mass is 10.1. The van der Waals surface area contributed by atoms with Crippen LogP contribution in [0.2, 0.25) is 0 Å². The highest BCUT2D eigenvalue weighted by Gasteiger charge is 2.17. The van der Waals surface area contributed by atoms with Crippen LogP contribution in [0, 0.1) is 0 Å². The lowest BCUT2D eigenvalue weighted by Crippen LogP contribution is -2.31. The van der Waals surface area contributed by atoms with Crippen molar-refractivity contribution in [2.45, 2.75) is 39.5 Å². The summed E-state index contributed by atoms with van der Waals surface area (Å²) >= 11 is 0. The number of benzene rings is 2. The number of amides is 1. The van der Waals surface area contributed by atoms with Gasteiger partial charge in [-0.15, -0.1) is 0 Å². The summed E-state index contributed by atoms with van der Waals surface area (Å²) in [5, 5.41) is 2.80. The average molecular weight is 399 g/mol. The van der Waals surface area contributed by atoms with Crippen molar-refractivity contribution in [1.29, 1.82) is 0 Å². The fourth-order valence-corrected chi connectivity index (χ4v) is 2.76. The molecular weight excluding hydrogens is 374 g/mol. The van der Waals surface area contributed by atoms with E-state index in [2.05, 4.69) is 5.32 Å². The summed E-state index contributed by atoms with van der Waals surface area (Å²) in [4.78, 5) is 24.3. The second-order valence-corrected chi connectivity index (χ2v) is 7.03. The molecule has 0 bridgehead atoms. The van der Waals surface area contributed by atoms with E-state index >= 15 is 0 Å². The van der Waals surface area contributed by atoms with E-state index in [1.165, 1.54) is 0 Å². The maximum atomic E-state index is 12.1. The van der Waals surface area contributed by atoms with Gasteiger partial charge in [0.05, 0.1) is 24.3 Å². The summed E-state index contributed by atoms with van der Waals surface area (Å²) in [6, 6.07) is 12.1. The van der Waals surface area contributed by atoms with E-state index in [-0.39, 0.29) is 31.5 Å². The van der Waals surface area contributed by atoms with Crippen LogP contribution in [-0.2, 0) is 20.9 Å². The Balaban J connectivity index is 1.46. The number of carbonyl (C=O) groups is 2. The molecule has 0 unspecified atom stereocenters. The number of hydrogen-bond donors (Lipinski definition) is 1. The predicted octanol–water partition coefficient (Wildman–Crippen LogP) is 3.37. The fraction of sp³-hybridized carbons (Fsp3) is 0.364. The van der Waals surface area contributed by atoms with Crippen LogP contribution in [-0.4, -0.2) is 31.4 Å². The minimum atomic E-state index is -0.549. The van der Waals surface area contributed by atoms with Crippen molar-refractivity contribution in [2.75, 3.05) is 13.4 Å². The minimum absolute atomic E-state index is 0.137. The topological polar surface area (TPSA) is 83.1 Å². The van der Waals surface area contributed by atoms with Gasteiger partial charge in [-0.05, 0) is 56.2 Å². The van der Waals surface area contributed by atoms with Crippen molar-refractivity contribution in [3.05, 3.63) is 59.2 Å². The summed E-state index contributed by atoms with van der Waals surface area (Å²) in [6.07, 6.45) is 0.137. The van der Waals surface area contributed by atoms with Crippen LogP contribution in [0.25, 0.3) is 0 Å². The SMILES string of the molecule is CC(C)OCc1ccc(C(=O)OCC(=O)N[C@@H](C)c2ccc3c(c2)OCO3)cc1. The second kappa shape index (κ2) is 9.43. The van der Waals surface area contributed by atoms with Crippen LogP contribution in [0.3, 0.4) is 0 Å². The third kappa shape index (κ3) is 5.71. The number of ether oxygens (including phenoxy) is 4. The first-order chi connectivity index (χ1) is 13.9. The lowest BCUT2D eigenvalue weighted by molar-refractivity contribution is -0.124. The van der Waals surface area contributed by atoms with Gasteiger partial charge < -0.3 is 24.3 Å². The van der Waals surface area contributed by atoms with Crippen molar-refractivity contribution in [3.8, 4) is 11.5 Å². The van der Waals surface area contributed by atoms with E-state index in [1.54, 1.807) is 30.3 Å². The van der Waals surface area contributed by atoms with Gasteiger partial charge in [0.25, 0.3) is 5.91 Å². The van der Waals surface area contributed by atoms with E-state index in [0.29, 0.717) is 23.7 Å². The van der Waals surface area contributed by atoms with E-state index in [4.69, 9.17) is 18.9 Å². The van der Waals surface area contributed by atoms with Gasteiger partial charge in [-0.1, -0.05) is 18.2 Å². The molecule has 0 saturated heterocycles. The van der Waals surface area contributed by atoms with E-state index in [1.807, 2.05) is 32.9 Å². The zero-order valence-corrected chi connectivity index (χ0v) is 16.8. The number of hydrogen-bond acceptors (Lipinski definition) is 6. The number of esters is 1. The molecular formula is C22H25NO6. The summed E-state index contributed by atoms with van der Waals surface area (Å²) in [7, 11) is 0. The first-order valence-corrected chi connectivity index (χ1v) is 9.49. The molecule has 154 valence electrons. The standard InChI is InChI=1S/C22H25NO6/c1-14(2)26-11-16-4-6-17(7-5-16)22(25)27-12-21(24)23-15(3)18-8-9-19-20(10-18)29-13-28-19/h4-10,14-15H,11-13H2,1-3H3,(H,23,24)/t15-/m0/s1. The first kappa shape index (κ1) is 20.7. The van der Waals surface area contributed by atoms with Crippen molar-refractivity contribution in [1.82, 2.24) is 5.32 Å². The number of fused-ring (bicyclic) bond motifs is 1. The maximum Gasteiger partial charge on any atom is 0.338 e. The molecule has 1 aliphatic heterocycles. The summed E-state index contributed by atoms with van der Waals surface area (Å²) in [5.41, 5.74) is 2.22. The smallest absolute Gasteiger partial charge is 0.338 e. The highest BCUT2D eigenvalue weighted by atomic mass is 16.7. The molecule has 0 aromatic heterocycles. The Morgan fingerprint density at radius 3 is 2.48 bits per heavy atom. The number of rotatable bonds is 8. The Kier molecular flexibility index (Phi) is 6.72. The van der Waals surface area contributed by atoms with Gasteiger partial charge in [0.15, 0.2) is 18.1 Å². The Morgan fingerprint density at radius 1 is 1.03 bits per heavy atom. The van der Waals surface area contributed by atoms with Gasteiger partial charge in [0.1, 0.15) is 0 Å². The normalized spacial score (nSPS) is 13.2. The monoisotopic (exact) mass is 399 g/mol. The molecule has 1 aliphatic rings. The third-order valence-corrected chi connectivity index (χ3v) is 4.38. The molecule has 0 radical (unpaired) electrons. The van der Waals surface area contributed by atoms with Gasteiger partial charge in [0, 0.05) is 0 Å². The molecule has 2 aromatic rings. The van der Waals surface area contributed by atoms with E-state index in [9.17, 15) is 9.59 Å². The largest absolute Gasteiger partial charge is 0.454 e. The van der Waals surface area contributed by atoms with Crippen molar-refractivity contribution < 1.29 is 28.5 Å². The van der Waals surface area contributed by atoms with Crippen LogP contribution in [0.4, 0.5) is 0 Å². The molecule has 29 heavy (non-hydrogen) atoms. The predicted molar refractivity (Wildman–Crippen MR) is 106 cm³/mol. The summed E-state index contributed by atoms with van der Waals surface area (Å²) < 4.78 is 21.3. The highest BCUT2D eigenvalue weighted by Crippen LogP contribution is 2.34.